The molecule has 6 aromatic rings. The Hall–Kier alpha value is -9.03. The average molecular weight is 1380 g/mol. The molecule has 4 aliphatic carbocycles. The summed E-state index contributed by atoms with van der Waals surface area (Å²) in [6.45, 7) is 7.62. The lowest BCUT2D eigenvalue weighted by atomic mass is 9.39. The maximum Gasteiger partial charge on any atom is 0.410 e. The number of carbonyl (C=O) groups excluding carboxylic acids is 6. The number of carboxylic acids is 2. The van der Waals surface area contributed by atoms with E-state index in [1.165, 1.54) is 21.1 Å². The first-order valence-electron chi connectivity index (χ1n) is 33.3. The summed E-state index contributed by atoms with van der Waals surface area (Å²) in [5.41, 5.74) is 5.79. The van der Waals surface area contributed by atoms with Crippen molar-refractivity contribution in [3.8, 4) is 11.1 Å². The summed E-state index contributed by atoms with van der Waals surface area (Å²) in [5, 5.41) is 60.6. The first kappa shape index (κ1) is 69.9. The van der Waals surface area contributed by atoms with Crippen LogP contribution >= 0.6 is 11.3 Å². The van der Waals surface area contributed by atoms with Crippen molar-refractivity contribution < 1.29 is 82.9 Å². The van der Waals surface area contributed by atoms with Gasteiger partial charge in [0.1, 0.15) is 37.3 Å². The molecule has 3 aromatic carbocycles. The van der Waals surface area contributed by atoms with Gasteiger partial charge in [-0.25, -0.2) is 34.3 Å². The maximum atomic E-state index is 14.0. The molecule has 28 heteroatoms. The second kappa shape index (κ2) is 28.3. The van der Waals surface area contributed by atoms with E-state index in [0.29, 0.717) is 77.0 Å². The van der Waals surface area contributed by atoms with Crippen LogP contribution in [-0.2, 0) is 75.6 Å². The highest BCUT2D eigenvalue weighted by atomic mass is 32.1. The number of benzene rings is 3. The molecule has 3 aromatic heterocycles. The fourth-order valence-corrected chi connectivity index (χ4v) is 17.3. The molecule has 7 aliphatic rings. The predicted molar refractivity (Wildman–Crippen MR) is 358 cm³/mol. The van der Waals surface area contributed by atoms with E-state index in [-0.39, 0.29) is 79.4 Å². The second-order valence-corrected chi connectivity index (χ2v) is 29.3. The zero-order valence-corrected chi connectivity index (χ0v) is 56.7. The Labute approximate surface area is 574 Å². The molecule has 2 unspecified atom stereocenters. The van der Waals surface area contributed by atoms with E-state index in [4.69, 9.17) is 29.1 Å². The number of hydroxylamine groups is 2. The summed E-state index contributed by atoms with van der Waals surface area (Å²) in [7, 11) is 3.31. The molecule has 99 heavy (non-hydrogen) atoms. The summed E-state index contributed by atoms with van der Waals surface area (Å²) in [6, 6.07) is 24.4. The Morgan fingerprint density at radius 3 is 2.21 bits per heavy atom. The number of hydrogen-bond acceptors (Lipinski definition) is 20. The van der Waals surface area contributed by atoms with Crippen molar-refractivity contribution in [2.75, 3.05) is 63.6 Å². The summed E-state index contributed by atoms with van der Waals surface area (Å²) < 4.78 is 21.2. The first-order valence-corrected chi connectivity index (χ1v) is 34.1. The van der Waals surface area contributed by atoms with Crippen molar-refractivity contribution in [2.24, 2.45) is 16.2 Å². The summed E-state index contributed by atoms with van der Waals surface area (Å²) in [6.07, 6.45) is 0.457. The number of carbonyl (C=O) groups is 8. The Kier molecular flexibility index (Phi) is 20.0. The molecule has 3 aliphatic heterocycles. The van der Waals surface area contributed by atoms with Gasteiger partial charge in [-0.15, -0.1) is 0 Å². The minimum Gasteiger partial charge on any atom is -0.479 e. The van der Waals surface area contributed by atoms with Crippen LogP contribution in [0.15, 0.2) is 97.2 Å². The van der Waals surface area contributed by atoms with Crippen LogP contribution in [-0.4, -0.2) is 202 Å². The number of nitrogens with one attached hydrogen (secondary N) is 1. The molecule has 7 atom stereocenters. The zero-order valence-electron chi connectivity index (χ0n) is 55.8. The van der Waals surface area contributed by atoms with E-state index in [9.17, 15) is 63.9 Å². The van der Waals surface area contributed by atoms with Gasteiger partial charge in [-0.1, -0.05) is 73.7 Å². The largest absolute Gasteiger partial charge is 0.479 e. The lowest BCUT2D eigenvalue weighted by molar-refractivity contribution is -0.347. The van der Waals surface area contributed by atoms with Gasteiger partial charge in [0.05, 0.1) is 28.6 Å². The second-order valence-electron chi connectivity index (χ2n) is 28.2. The molecule has 13 rings (SSSR count). The number of anilines is 2. The van der Waals surface area contributed by atoms with Crippen LogP contribution in [0.25, 0.3) is 21.3 Å². The number of rotatable bonds is 26. The van der Waals surface area contributed by atoms with Crippen molar-refractivity contribution in [1.29, 1.82) is 0 Å². The van der Waals surface area contributed by atoms with Crippen molar-refractivity contribution in [1.82, 2.24) is 39.5 Å². The molecule has 6 amide bonds. The van der Waals surface area contributed by atoms with Crippen molar-refractivity contribution in [3.63, 3.8) is 0 Å². The zero-order chi connectivity index (χ0) is 70.3. The molecule has 0 spiro atoms. The molecule has 524 valence electrons. The van der Waals surface area contributed by atoms with Crippen LogP contribution in [0.2, 0.25) is 0 Å². The fraction of sp³-hybridized carbons (Fsp3) is 0.479. The number of thiazole rings is 1. The minimum absolute atomic E-state index is 0.0503. The SMILES string of the molecule is Cc1c(-c2ccc(N3CCc4cccc(C(=O)Nc5nc6ccccc6s5)c4C3)nc2C(=O)O)cnn1CC12CC3(C)CC(C)(C1)CC(OCCN(CCC(=O)N(C)C)C(=O)OCc1ccc(CCCCN(O[C@@H]4O[C@H](C(=O)O)[C@@H](O)[C@H](O)[C@H]4O)C(=O)CN4C(=O)C=CC4=O)cc1)(C3)C2. The summed E-state index contributed by atoms with van der Waals surface area (Å²) in [5.74, 6) is -5.16. The lowest BCUT2D eigenvalue weighted by Crippen LogP contribution is -2.64. The number of carboxylic acid groups (broad SMARTS) is 2. The van der Waals surface area contributed by atoms with Gasteiger partial charge >= 0.3 is 18.0 Å². The molecule has 27 nitrogen and oxygen atoms in total. The number of pyridine rings is 1. The molecule has 5 fully saturated rings. The van der Waals surface area contributed by atoms with E-state index in [1.54, 1.807) is 26.4 Å². The third-order valence-electron chi connectivity index (χ3n) is 20.1. The molecular formula is C71H82N10O17S. The number of fused-ring (bicyclic) bond motifs is 2. The van der Waals surface area contributed by atoms with Crippen LogP contribution in [0.3, 0.4) is 0 Å². The van der Waals surface area contributed by atoms with Crippen molar-refractivity contribution >= 4 is 80.1 Å². The number of nitrogens with zero attached hydrogens (tertiary/aromatic N) is 9. The highest BCUT2D eigenvalue weighted by Gasteiger charge is 2.66. The third kappa shape index (κ3) is 15.1. The van der Waals surface area contributed by atoms with Gasteiger partial charge in [-0.05, 0) is 140 Å². The van der Waals surface area contributed by atoms with Crippen LogP contribution < -0.4 is 10.2 Å². The number of aliphatic carboxylic acids is 1. The van der Waals surface area contributed by atoms with E-state index in [0.717, 1.165) is 88.3 Å². The highest BCUT2D eigenvalue weighted by molar-refractivity contribution is 7.22. The third-order valence-corrected chi connectivity index (χ3v) is 21.0. The number of unbranched alkanes of at least 4 members (excludes halogenated alkanes) is 1. The van der Waals surface area contributed by atoms with E-state index >= 15 is 0 Å². The quantitative estimate of drug-likeness (QED) is 0.0191. The standard InChI is InChI=1S/C71H82N10O17S/c1-42-48(46-20-21-52(74-57(46)63(90)91)78-27-24-45-12-10-13-47(49(45)32-78)62(89)75-66-73-50-14-6-7-15-51(50)99-66)31-72-80(42)41-70-36-68(2)35-69(3,37-70)39-71(38-68,40-70)96-30-29-77(28-25-53(82)76(4)5)67(94)95-34-44-18-16-43(17-19-44)11-8-9-26-81(56(85)33-79-54(83)22-23-55(79)84)98-65-60(88)58(86)59(87)61(97-65)64(92)93/h6-7,10,12-23,31,58-61,65,86-88H,8-9,11,24-30,32-41H2,1-5H3,(H,90,91)(H,92,93)(H,73,75,89)/t58-,59-,60+,61-,65-,68?,69?,70?,71?/m0/s1. The Morgan fingerprint density at radius 1 is 0.778 bits per heavy atom. The molecule has 6 heterocycles. The normalized spacial score (nSPS) is 25.2. The number of imide groups is 1. The number of aryl methyl sites for hydroxylation is 1. The Bertz CT molecular complexity index is 4090. The van der Waals surface area contributed by atoms with Gasteiger partial charge in [0.2, 0.25) is 12.2 Å². The molecular weight excluding hydrogens is 1300 g/mol. The van der Waals surface area contributed by atoms with Crippen LogP contribution in [0.4, 0.5) is 15.7 Å². The number of aromatic carboxylic acids is 1. The molecule has 6 N–H and O–H groups in total. The van der Waals surface area contributed by atoms with Crippen molar-refractivity contribution in [3.05, 3.63) is 136 Å². The number of aromatic nitrogens is 4. The van der Waals surface area contributed by atoms with Gasteiger partial charge in [0.25, 0.3) is 23.6 Å². The van der Waals surface area contributed by atoms with Gasteiger partial charge < -0.3 is 54.4 Å². The van der Waals surface area contributed by atoms with E-state index < -0.39 is 78.6 Å². The number of para-hydroxylation sites is 1. The minimum atomic E-state index is -2.01. The fourth-order valence-electron chi connectivity index (χ4n) is 16.5. The Balaban J connectivity index is 0.665. The predicted octanol–water partition coefficient (Wildman–Crippen LogP) is 6.53. The number of aliphatic hydroxyl groups is 3. The highest BCUT2D eigenvalue weighted by Crippen LogP contribution is 2.72. The monoisotopic (exact) mass is 1380 g/mol. The molecule has 1 saturated heterocycles. The van der Waals surface area contributed by atoms with Gasteiger partial charge in [-0.2, -0.15) is 5.10 Å². The van der Waals surface area contributed by atoms with Crippen LogP contribution in [0.5, 0.6) is 0 Å². The number of hydrogen-bond donors (Lipinski definition) is 6. The maximum absolute atomic E-state index is 14.0. The molecule has 4 saturated carbocycles. The van der Waals surface area contributed by atoms with Crippen LogP contribution in [0.1, 0.15) is 120 Å². The Morgan fingerprint density at radius 2 is 1.51 bits per heavy atom. The lowest BCUT2D eigenvalue weighted by Gasteiger charge is -2.69. The van der Waals surface area contributed by atoms with E-state index in [1.807, 2.05) is 89.3 Å². The van der Waals surface area contributed by atoms with Crippen LogP contribution in [0, 0.1) is 23.2 Å². The number of amides is 6. The number of aliphatic hydroxyl groups excluding tert-OH is 3. The number of ether oxygens (including phenoxy) is 3. The van der Waals surface area contributed by atoms with E-state index in [2.05, 4.69) is 24.1 Å². The average Bonchev–Trinajstić information content (AvgIpc) is 0.788. The molecule has 4 bridgehead atoms. The van der Waals surface area contributed by atoms with Gasteiger partial charge in [0.15, 0.2) is 16.9 Å². The smallest absolute Gasteiger partial charge is 0.410 e. The summed E-state index contributed by atoms with van der Waals surface area (Å²) >= 11 is 1.41. The molecule has 0 radical (unpaired) electrons. The van der Waals surface area contributed by atoms with Gasteiger partial charge in [0, 0.05) is 94.3 Å². The summed E-state index contributed by atoms with van der Waals surface area (Å²) in [4.78, 5) is 124. The first-order chi connectivity index (χ1) is 47.2. The topological polar surface area (TPSA) is 346 Å². The van der Waals surface area contributed by atoms with Crippen molar-refractivity contribution in [2.45, 2.75) is 147 Å². The van der Waals surface area contributed by atoms with Gasteiger partial charge in [-0.3, -0.25) is 38.9 Å².